The Morgan fingerprint density at radius 2 is 2.04 bits per heavy atom. The molecule has 144 valence electrons. The molecular weight excluding hydrogens is 377 g/mol. The van der Waals surface area contributed by atoms with Crippen molar-refractivity contribution in [3.8, 4) is 6.07 Å². The van der Waals surface area contributed by atoms with Crippen molar-refractivity contribution in [3.05, 3.63) is 70.5 Å². The van der Waals surface area contributed by atoms with E-state index >= 15 is 4.39 Å². The van der Waals surface area contributed by atoms with Crippen LogP contribution in [0.3, 0.4) is 0 Å². The fourth-order valence-corrected chi connectivity index (χ4v) is 3.50. The van der Waals surface area contributed by atoms with Crippen LogP contribution < -0.4 is 5.32 Å². The number of pyridine rings is 1. The van der Waals surface area contributed by atoms with E-state index in [1.165, 1.54) is 6.20 Å². The van der Waals surface area contributed by atoms with Crippen LogP contribution in [0.5, 0.6) is 0 Å². The van der Waals surface area contributed by atoms with Gasteiger partial charge in [0.2, 0.25) is 0 Å². The van der Waals surface area contributed by atoms with Crippen molar-refractivity contribution in [1.82, 2.24) is 4.98 Å². The maximum atomic E-state index is 15.3. The normalized spacial score (nSPS) is 19.5. The molecule has 3 rings (SSSR count). The van der Waals surface area contributed by atoms with Crippen LogP contribution in [-0.4, -0.2) is 10.9 Å². The highest BCUT2D eigenvalue weighted by Gasteiger charge is 2.37. The van der Waals surface area contributed by atoms with Crippen molar-refractivity contribution in [3.63, 3.8) is 0 Å². The monoisotopic (exact) mass is 397 g/mol. The van der Waals surface area contributed by atoms with Gasteiger partial charge in [-0.05, 0) is 56.5 Å². The average molecular weight is 398 g/mol. The van der Waals surface area contributed by atoms with Crippen LogP contribution in [-0.2, 0) is 15.9 Å². The smallest absolute Gasteiger partial charge is 0.251 e. The molecule has 4 nitrogen and oxygen atoms in total. The van der Waals surface area contributed by atoms with E-state index in [0.717, 1.165) is 5.56 Å². The van der Waals surface area contributed by atoms with Crippen LogP contribution in [0, 0.1) is 11.3 Å². The highest BCUT2D eigenvalue weighted by Crippen LogP contribution is 2.41. The van der Waals surface area contributed by atoms with E-state index in [1.54, 1.807) is 30.3 Å². The van der Waals surface area contributed by atoms with E-state index < -0.39 is 11.1 Å². The number of halogens is 2. The zero-order valence-electron chi connectivity index (χ0n) is 15.8. The predicted octanol–water partition coefficient (Wildman–Crippen LogP) is 5.45. The Balaban J connectivity index is 1.69. The molecule has 1 aromatic carbocycles. The number of nitrogens with zero attached hydrogens (tertiary/aromatic N) is 2. The summed E-state index contributed by atoms with van der Waals surface area (Å²) in [6, 6.07) is 12.7. The summed E-state index contributed by atoms with van der Waals surface area (Å²) in [6.07, 6.45) is 3.65. The number of allylic oxidation sites excluding steroid dienone is 1. The average Bonchev–Trinajstić information content (AvgIpc) is 2.69. The van der Waals surface area contributed by atoms with Gasteiger partial charge in [-0.25, -0.2) is 4.39 Å². The van der Waals surface area contributed by atoms with Crippen LogP contribution in [0.2, 0.25) is 5.02 Å². The zero-order chi connectivity index (χ0) is 20.4. The predicted molar refractivity (Wildman–Crippen MR) is 108 cm³/mol. The number of hydrogen-bond donors (Lipinski definition) is 1. The van der Waals surface area contributed by atoms with Crippen molar-refractivity contribution in [2.45, 2.75) is 44.2 Å². The van der Waals surface area contributed by atoms with Crippen LogP contribution in [0.4, 0.5) is 10.1 Å². The molecular formula is C22H21ClFN3O. The van der Waals surface area contributed by atoms with Gasteiger partial charge in [-0.2, -0.15) is 5.26 Å². The Morgan fingerprint density at radius 1 is 1.32 bits per heavy atom. The molecule has 1 N–H and O–H groups in total. The minimum absolute atomic E-state index is 0.0573. The zero-order valence-corrected chi connectivity index (χ0v) is 16.6. The molecule has 1 unspecified atom stereocenters. The largest absolute Gasteiger partial charge is 0.322 e. The fraction of sp³-hybridized carbons (Fsp3) is 0.318. The van der Waals surface area contributed by atoms with E-state index in [4.69, 9.17) is 11.6 Å². The molecule has 1 atom stereocenters. The lowest BCUT2D eigenvalue weighted by molar-refractivity contribution is -0.113. The van der Waals surface area contributed by atoms with Crippen molar-refractivity contribution >= 4 is 23.2 Å². The summed E-state index contributed by atoms with van der Waals surface area (Å²) < 4.78 is 15.3. The molecule has 0 radical (unpaired) electrons. The number of carbonyl (C=O) groups is 1. The topological polar surface area (TPSA) is 65.8 Å². The van der Waals surface area contributed by atoms with Gasteiger partial charge in [0.15, 0.2) is 5.67 Å². The molecule has 0 spiro atoms. The number of anilines is 1. The summed E-state index contributed by atoms with van der Waals surface area (Å²) >= 11 is 6.09. The number of hydrogen-bond acceptors (Lipinski definition) is 3. The van der Waals surface area contributed by atoms with Gasteiger partial charge in [-0.1, -0.05) is 29.8 Å². The first-order valence-corrected chi connectivity index (χ1v) is 9.45. The third kappa shape index (κ3) is 4.07. The third-order valence-electron chi connectivity index (χ3n) is 5.08. The number of aromatic nitrogens is 1. The molecule has 0 aliphatic heterocycles. The van der Waals surface area contributed by atoms with E-state index in [2.05, 4.69) is 16.4 Å². The van der Waals surface area contributed by atoms with Gasteiger partial charge in [-0.3, -0.25) is 9.78 Å². The minimum Gasteiger partial charge on any atom is -0.322 e. The molecule has 1 aliphatic rings. The van der Waals surface area contributed by atoms with Crippen molar-refractivity contribution in [2.24, 2.45) is 0 Å². The molecule has 1 heterocycles. The molecule has 1 amide bonds. The lowest BCUT2D eigenvalue weighted by atomic mass is 9.84. The Hall–Kier alpha value is -2.71. The standard InChI is InChI=1S/C22H21ClFN3O/c1-21(2,14-25)16-5-7-17(8-6-16)27-20(28)15-9-11-22(24,12-10-15)19-18(23)4-3-13-26-19/h3-9,13H,10-12H2,1-2H3,(H,27,28). The Labute approximate surface area is 169 Å². The first kappa shape index (κ1) is 20.0. The number of alkyl halides is 1. The van der Waals surface area contributed by atoms with Crippen molar-refractivity contribution < 1.29 is 9.18 Å². The van der Waals surface area contributed by atoms with E-state index in [0.29, 0.717) is 22.7 Å². The van der Waals surface area contributed by atoms with Crippen molar-refractivity contribution in [1.29, 1.82) is 5.26 Å². The summed E-state index contributed by atoms with van der Waals surface area (Å²) in [4.78, 5) is 16.6. The molecule has 0 bridgehead atoms. The van der Waals surface area contributed by atoms with Gasteiger partial charge in [0.05, 0.1) is 22.2 Å². The van der Waals surface area contributed by atoms with Crippen LogP contribution in [0.15, 0.2) is 54.2 Å². The minimum atomic E-state index is -1.66. The number of benzene rings is 1. The third-order valence-corrected chi connectivity index (χ3v) is 5.39. The first-order chi connectivity index (χ1) is 13.2. The van der Waals surface area contributed by atoms with Crippen LogP contribution >= 0.6 is 11.6 Å². The molecule has 0 saturated heterocycles. The van der Waals surface area contributed by atoms with Crippen molar-refractivity contribution in [2.75, 3.05) is 5.32 Å². The fourth-order valence-electron chi connectivity index (χ4n) is 3.20. The van der Waals surface area contributed by atoms with E-state index in [1.807, 2.05) is 26.0 Å². The number of carbonyl (C=O) groups excluding carboxylic acids is 1. The van der Waals surface area contributed by atoms with Gasteiger partial charge in [0.1, 0.15) is 0 Å². The highest BCUT2D eigenvalue weighted by atomic mass is 35.5. The lowest BCUT2D eigenvalue weighted by Gasteiger charge is -2.28. The first-order valence-electron chi connectivity index (χ1n) is 9.07. The molecule has 0 saturated carbocycles. The molecule has 1 aromatic heterocycles. The number of nitrogens with one attached hydrogen (secondary N) is 1. The van der Waals surface area contributed by atoms with Gasteiger partial charge in [0.25, 0.3) is 5.91 Å². The summed E-state index contributed by atoms with van der Waals surface area (Å²) in [5.74, 6) is -0.249. The van der Waals surface area contributed by atoms with E-state index in [9.17, 15) is 10.1 Å². The van der Waals surface area contributed by atoms with E-state index in [-0.39, 0.29) is 24.4 Å². The van der Waals surface area contributed by atoms with Crippen LogP contribution in [0.25, 0.3) is 0 Å². The molecule has 2 aromatic rings. The molecule has 28 heavy (non-hydrogen) atoms. The second kappa shape index (κ2) is 7.73. The molecule has 6 heteroatoms. The maximum Gasteiger partial charge on any atom is 0.251 e. The van der Waals surface area contributed by atoms with Gasteiger partial charge in [-0.15, -0.1) is 0 Å². The van der Waals surface area contributed by atoms with Gasteiger partial charge in [0, 0.05) is 23.9 Å². The summed E-state index contributed by atoms with van der Waals surface area (Å²) in [7, 11) is 0. The van der Waals surface area contributed by atoms with Gasteiger partial charge >= 0.3 is 0 Å². The Bertz CT molecular complexity index is 962. The maximum absolute atomic E-state index is 15.3. The summed E-state index contributed by atoms with van der Waals surface area (Å²) in [5, 5.41) is 12.3. The SMILES string of the molecule is CC(C)(C#N)c1ccc(NC(=O)C2=CCC(F)(c3ncccc3Cl)CC2)cc1. The quantitative estimate of drug-likeness (QED) is 0.745. The van der Waals surface area contributed by atoms with Crippen LogP contribution in [0.1, 0.15) is 44.4 Å². The second-order valence-corrected chi connectivity index (χ2v) is 7.91. The number of rotatable bonds is 4. The number of nitriles is 1. The van der Waals surface area contributed by atoms with Gasteiger partial charge < -0.3 is 5.32 Å². The second-order valence-electron chi connectivity index (χ2n) is 7.50. The Kier molecular flexibility index (Phi) is 5.53. The molecule has 0 fully saturated rings. The lowest BCUT2D eigenvalue weighted by Crippen LogP contribution is -2.27. The highest BCUT2D eigenvalue weighted by molar-refractivity contribution is 6.31. The Morgan fingerprint density at radius 3 is 2.61 bits per heavy atom. The summed E-state index contributed by atoms with van der Waals surface area (Å²) in [5.41, 5.74) is 0.0237. The summed E-state index contributed by atoms with van der Waals surface area (Å²) in [6.45, 7) is 3.68. The molecule has 1 aliphatic carbocycles. The number of amides is 1.